The van der Waals surface area contributed by atoms with E-state index in [1.165, 1.54) is 12.8 Å². The van der Waals surface area contributed by atoms with Crippen LogP contribution in [0.5, 0.6) is 5.88 Å². The molecular formula is C13H23N3O. The van der Waals surface area contributed by atoms with Crippen molar-refractivity contribution in [3.8, 4) is 5.88 Å². The van der Waals surface area contributed by atoms with Gasteiger partial charge in [-0.1, -0.05) is 33.6 Å². The van der Waals surface area contributed by atoms with Gasteiger partial charge in [0.05, 0.1) is 12.3 Å². The number of hydrogen-bond donors (Lipinski definition) is 1. The molecule has 0 spiro atoms. The Labute approximate surface area is 104 Å². The SMILES string of the molecule is CCCCCOc1ccc(CNC(C)C)nn1. The fourth-order valence-corrected chi connectivity index (χ4v) is 1.36. The molecule has 4 heteroatoms. The van der Waals surface area contributed by atoms with E-state index in [2.05, 4.69) is 36.3 Å². The highest BCUT2D eigenvalue weighted by molar-refractivity contribution is 5.11. The normalized spacial score (nSPS) is 10.8. The Hall–Kier alpha value is -1.16. The number of ether oxygens (including phenoxy) is 1. The molecular weight excluding hydrogens is 214 g/mol. The molecule has 1 rings (SSSR count). The lowest BCUT2D eigenvalue weighted by Gasteiger charge is -2.07. The van der Waals surface area contributed by atoms with Crippen LogP contribution in [0.25, 0.3) is 0 Å². The minimum Gasteiger partial charge on any atom is -0.477 e. The Morgan fingerprint density at radius 2 is 2.06 bits per heavy atom. The maximum absolute atomic E-state index is 5.49. The first-order valence-corrected chi connectivity index (χ1v) is 6.41. The lowest BCUT2D eigenvalue weighted by Crippen LogP contribution is -2.22. The fraction of sp³-hybridized carbons (Fsp3) is 0.692. The van der Waals surface area contributed by atoms with Crippen LogP contribution < -0.4 is 10.1 Å². The molecule has 17 heavy (non-hydrogen) atoms. The summed E-state index contributed by atoms with van der Waals surface area (Å²) in [7, 11) is 0. The Kier molecular flexibility index (Phi) is 6.55. The monoisotopic (exact) mass is 237 g/mol. The molecule has 0 unspecified atom stereocenters. The molecule has 1 N–H and O–H groups in total. The molecule has 0 fully saturated rings. The van der Waals surface area contributed by atoms with E-state index in [0.717, 1.165) is 25.3 Å². The third-order valence-corrected chi connectivity index (χ3v) is 2.38. The average Bonchev–Trinajstić information content (AvgIpc) is 2.33. The standard InChI is InChI=1S/C13H23N3O/c1-4-5-6-9-17-13-8-7-12(15-16-13)10-14-11(2)3/h7-8,11,14H,4-6,9-10H2,1-3H3. The highest BCUT2D eigenvalue weighted by Gasteiger charge is 1.99. The van der Waals surface area contributed by atoms with E-state index in [9.17, 15) is 0 Å². The molecule has 0 aliphatic heterocycles. The first-order chi connectivity index (χ1) is 8.22. The van der Waals surface area contributed by atoms with Gasteiger partial charge in [0.15, 0.2) is 0 Å². The van der Waals surface area contributed by atoms with Crippen molar-refractivity contribution < 1.29 is 4.74 Å². The summed E-state index contributed by atoms with van der Waals surface area (Å²) in [6.07, 6.45) is 3.48. The first-order valence-electron chi connectivity index (χ1n) is 6.41. The Morgan fingerprint density at radius 3 is 2.65 bits per heavy atom. The van der Waals surface area contributed by atoms with Gasteiger partial charge in [0.2, 0.25) is 5.88 Å². The third-order valence-electron chi connectivity index (χ3n) is 2.38. The minimum absolute atomic E-state index is 0.460. The summed E-state index contributed by atoms with van der Waals surface area (Å²) < 4.78 is 5.49. The van der Waals surface area contributed by atoms with Gasteiger partial charge in [-0.25, -0.2) is 0 Å². The zero-order chi connectivity index (χ0) is 12.5. The van der Waals surface area contributed by atoms with E-state index in [1.807, 2.05) is 12.1 Å². The maximum atomic E-state index is 5.49. The first kappa shape index (κ1) is 13.9. The molecule has 0 aliphatic carbocycles. The van der Waals surface area contributed by atoms with Crippen molar-refractivity contribution in [3.63, 3.8) is 0 Å². The van der Waals surface area contributed by atoms with E-state index in [-0.39, 0.29) is 0 Å². The molecule has 0 saturated carbocycles. The Morgan fingerprint density at radius 1 is 1.24 bits per heavy atom. The number of nitrogens with zero attached hydrogens (tertiary/aromatic N) is 2. The fourth-order valence-electron chi connectivity index (χ4n) is 1.36. The number of aromatic nitrogens is 2. The van der Waals surface area contributed by atoms with Gasteiger partial charge in [0, 0.05) is 18.7 Å². The van der Waals surface area contributed by atoms with Crippen molar-refractivity contribution in [2.24, 2.45) is 0 Å². The number of unbranched alkanes of at least 4 members (excludes halogenated alkanes) is 2. The molecule has 0 aliphatic rings. The van der Waals surface area contributed by atoms with Crippen molar-refractivity contribution in [2.45, 2.75) is 52.6 Å². The summed E-state index contributed by atoms with van der Waals surface area (Å²) >= 11 is 0. The molecule has 0 saturated heterocycles. The van der Waals surface area contributed by atoms with Gasteiger partial charge in [0.1, 0.15) is 0 Å². The molecule has 1 aromatic rings. The van der Waals surface area contributed by atoms with Gasteiger partial charge in [-0.3, -0.25) is 0 Å². The van der Waals surface area contributed by atoms with Crippen LogP contribution in [0.1, 0.15) is 45.7 Å². The van der Waals surface area contributed by atoms with Crippen LogP contribution in [0.4, 0.5) is 0 Å². The Balaban J connectivity index is 2.29. The van der Waals surface area contributed by atoms with Gasteiger partial charge >= 0.3 is 0 Å². The molecule has 0 amide bonds. The molecule has 4 nitrogen and oxygen atoms in total. The van der Waals surface area contributed by atoms with Crippen LogP contribution in [-0.4, -0.2) is 22.8 Å². The predicted octanol–water partition coefficient (Wildman–Crippen LogP) is 2.54. The molecule has 0 bridgehead atoms. The van der Waals surface area contributed by atoms with Crippen LogP contribution in [-0.2, 0) is 6.54 Å². The van der Waals surface area contributed by atoms with Gasteiger partial charge in [-0.2, -0.15) is 5.10 Å². The summed E-state index contributed by atoms with van der Waals surface area (Å²) in [4.78, 5) is 0. The molecule has 1 heterocycles. The van der Waals surface area contributed by atoms with Crippen molar-refractivity contribution in [2.75, 3.05) is 6.61 Å². The predicted molar refractivity (Wildman–Crippen MR) is 69.0 cm³/mol. The second-order valence-electron chi connectivity index (χ2n) is 4.45. The summed E-state index contributed by atoms with van der Waals surface area (Å²) in [6, 6.07) is 4.30. The zero-order valence-corrected chi connectivity index (χ0v) is 11.1. The number of nitrogens with one attached hydrogen (secondary N) is 1. The van der Waals surface area contributed by atoms with Gasteiger partial charge in [0.25, 0.3) is 0 Å². The van der Waals surface area contributed by atoms with Crippen LogP contribution >= 0.6 is 0 Å². The maximum Gasteiger partial charge on any atom is 0.233 e. The van der Waals surface area contributed by atoms with Crippen LogP contribution in [0, 0.1) is 0 Å². The molecule has 0 atom stereocenters. The second-order valence-corrected chi connectivity index (χ2v) is 4.45. The highest BCUT2D eigenvalue weighted by Crippen LogP contribution is 2.06. The van der Waals surface area contributed by atoms with E-state index in [4.69, 9.17) is 4.74 Å². The number of rotatable bonds is 8. The summed E-state index contributed by atoms with van der Waals surface area (Å²) in [6.45, 7) is 7.88. The van der Waals surface area contributed by atoms with Crippen LogP contribution in [0.2, 0.25) is 0 Å². The second kappa shape index (κ2) is 8.01. The highest BCUT2D eigenvalue weighted by atomic mass is 16.5. The smallest absolute Gasteiger partial charge is 0.233 e. The summed E-state index contributed by atoms with van der Waals surface area (Å²) in [5, 5.41) is 11.5. The zero-order valence-electron chi connectivity index (χ0n) is 11.1. The van der Waals surface area contributed by atoms with Gasteiger partial charge in [-0.05, 0) is 12.5 Å². The molecule has 96 valence electrons. The quantitative estimate of drug-likeness (QED) is 0.706. The van der Waals surface area contributed by atoms with Crippen molar-refractivity contribution in [3.05, 3.63) is 17.8 Å². The largest absolute Gasteiger partial charge is 0.477 e. The van der Waals surface area contributed by atoms with E-state index in [1.54, 1.807) is 0 Å². The average molecular weight is 237 g/mol. The summed E-state index contributed by atoms with van der Waals surface area (Å²) in [5.74, 6) is 0.620. The lowest BCUT2D eigenvalue weighted by molar-refractivity contribution is 0.291. The van der Waals surface area contributed by atoms with E-state index in [0.29, 0.717) is 11.9 Å². The van der Waals surface area contributed by atoms with Gasteiger partial charge < -0.3 is 10.1 Å². The van der Waals surface area contributed by atoms with Crippen molar-refractivity contribution >= 4 is 0 Å². The van der Waals surface area contributed by atoms with Crippen molar-refractivity contribution in [1.29, 1.82) is 0 Å². The Bertz CT molecular complexity index is 298. The van der Waals surface area contributed by atoms with E-state index < -0.39 is 0 Å². The van der Waals surface area contributed by atoms with Gasteiger partial charge in [-0.15, -0.1) is 5.10 Å². The van der Waals surface area contributed by atoms with Crippen molar-refractivity contribution in [1.82, 2.24) is 15.5 Å². The minimum atomic E-state index is 0.460. The lowest BCUT2D eigenvalue weighted by atomic mass is 10.3. The van der Waals surface area contributed by atoms with Crippen LogP contribution in [0.3, 0.4) is 0 Å². The third kappa shape index (κ3) is 6.22. The molecule has 1 aromatic heterocycles. The number of hydrogen-bond acceptors (Lipinski definition) is 4. The molecule has 0 radical (unpaired) electrons. The van der Waals surface area contributed by atoms with E-state index >= 15 is 0 Å². The summed E-state index contributed by atoms with van der Waals surface area (Å²) in [5.41, 5.74) is 0.944. The van der Waals surface area contributed by atoms with Crippen LogP contribution in [0.15, 0.2) is 12.1 Å². The topological polar surface area (TPSA) is 47.0 Å². The molecule has 0 aromatic carbocycles.